The van der Waals surface area contributed by atoms with E-state index in [1.807, 2.05) is 11.8 Å². The molecule has 1 saturated heterocycles. The van der Waals surface area contributed by atoms with Gasteiger partial charge in [-0.2, -0.15) is 0 Å². The van der Waals surface area contributed by atoms with Crippen molar-refractivity contribution in [1.82, 2.24) is 20.4 Å². The zero-order valence-corrected chi connectivity index (χ0v) is 14.9. The molecule has 1 aliphatic rings. The van der Waals surface area contributed by atoms with Crippen molar-refractivity contribution < 1.29 is 9.59 Å². The van der Waals surface area contributed by atoms with Crippen molar-refractivity contribution in [2.75, 3.05) is 40.3 Å². The number of carbonyl (C=O) groups is 2. The third-order valence-corrected chi connectivity index (χ3v) is 4.01. The third kappa shape index (κ3) is 6.46. The van der Waals surface area contributed by atoms with Gasteiger partial charge in [0.1, 0.15) is 6.54 Å². The molecule has 1 heterocycles. The summed E-state index contributed by atoms with van der Waals surface area (Å²) in [5, 5.41) is 6.38. The zero-order chi connectivity index (χ0) is 17.2. The van der Waals surface area contributed by atoms with E-state index >= 15 is 0 Å². The lowest BCUT2D eigenvalue weighted by atomic mass is 10.1. The van der Waals surface area contributed by atoms with Gasteiger partial charge in [0.05, 0.1) is 0 Å². The predicted molar refractivity (Wildman–Crippen MR) is 92.3 cm³/mol. The van der Waals surface area contributed by atoms with Crippen molar-refractivity contribution in [2.45, 2.75) is 45.6 Å². The third-order valence-electron chi connectivity index (χ3n) is 4.01. The number of rotatable bonds is 8. The van der Waals surface area contributed by atoms with Crippen LogP contribution in [0.4, 0.5) is 0 Å². The van der Waals surface area contributed by atoms with Crippen LogP contribution in [0.5, 0.6) is 0 Å². The molecule has 7 nitrogen and oxygen atoms in total. The Morgan fingerprint density at radius 3 is 2.61 bits per heavy atom. The fourth-order valence-electron chi connectivity index (χ4n) is 2.62. The molecule has 1 rings (SSSR count). The van der Waals surface area contributed by atoms with E-state index in [2.05, 4.69) is 22.5 Å². The predicted octanol–water partition coefficient (Wildman–Crippen LogP) is 0.421. The van der Waals surface area contributed by atoms with Gasteiger partial charge in [0.15, 0.2) is 5.96 Å². The highest BCUT2D eigenvalue weighted by molar-refractivity contribution is 5.84. The minimum Gasteiger partial charge on any atom is -0.357 e. The van der Waals surface area contributed by atoms with Gasteiger partial charge < -0.3 is 20.4 Å². The topological polar surface area (TPSA) is 77.0 Å². The van der Waals surface area contributed by atoms with E-state index in [1.165, 1.54) is 4.90 Å². The minimum atomic E-state index is -0.0312. The summed E-state index contributed by atoms with van der Waals surface area (Å²) in [6, 6.07) is 0.281. The van der Waals surface area contributed by atoms with Crippen molar-refractivity contribution in [3.05, 3.63) is 0 Å². The normalized spacial score (nSPS) is 16.4. The first-order valence-electron chi connectivity index (χ1n) is 8.51. The standard InChI is InChI=1S/C16H31N5O2/c1-5-13(21-11-7-8-14(21)22)9-10-18-16(17-6-2)19-12-15(23)20(3)4/h13H,5-12H2,1-4H3,(H2,17,18,19). The average molecular weight is 325 g/mol. The van der Waals surface area contributed by atoms with Crippen LogP contribution in [0.25, 0.3) is 0 Å². The van der Waals surface area contributed by atoms with Gasteiger partial charge in [0, 0.05) is 46.2 Å². The minimum absolute atomic E-state index is 0.0312. The molecule has 0 aliphatic carbocycles. The number of nitrogens with one attached hydrogen (secondary N) is 2. The molecule has 7 heteroatoms. The molecule has 1 unspecified atom stereocenters. The van der Waals surface area contributed by atoms with E-state index in [1.54, 1.807) is 14.1 Å². The molecule has 0 spiro atoms. The second-order valence-corrected chi connectivity index (χ2v) is 5.95. The molecular formula is C16H31N5O2. The number of hydrogen-bond donors (Lipinski definition) is 2. The Morgan fingerprint density at radius 2 is 2.09 bits per heavy atom. The maximum Gasteiger partial charge on any atom is 0.243 e. The fraction of sp³-hybridized carbons (Fsp3) is 0.812. The molecular weight excluding hydrogens is 294 g/mol. The second-order valence-electron chi connectivity index (χ2n) is 5.95. The quantitative estimate of drug-likeness (QED) is 0.501. The van der Waals surface area contributed by atoms with Gasteiger partial charge in [-0.3, -0.25) is 9.59 Å². The van der Waals surface area contributed by atoms with Crippen molar-refractivity contribution in [2.24, 2.45) is 4.99 Å². The van der Waals surface area contributed by atoms with Gasteiger partial charge in [-0.1, -0.05) is 6.92 Å². The summed E-state index contributed by atoms with van der Waals surface area (Å²) in [5.41, 5.74) is 0. The largest absolute Gasteiger partial charge is 0.357 e. The van der Waals surface area contributed by atoms with Gasteiger partial charge in [0.25, 0.3) is 0 Å². The van der Waals surface area contributed by atoms with Crippen LogP contribution in [-0.2, 0) is 9.59 Å². The Kier molecular flexibility index (Phi) is 8.43. The Morgan fingerprint density at radius 1 is 1.35 bits per heavy atom. The molecule has 1 fully saturated rings. The number of hydrogen-bond acceptors (Lipinski definition) is 3. The number of nitrogens with zero attached hydrogens (tertiary/aromatic N) is 3. The van der Waals surface area contributed by atoms with Crippen LogP contribution in [0.1, 0.15) is 39.5 Å². The van der Waals surface area contributed by atoms with Crippen LogP contribution in [0.3, 0.4) is 0 Å². The molecule has 1 atom stereocenters. The van der Waals surface area contributed by atoms with E-state index < -0.39 is 0 Å². The SMILES string of the molecule is CCNC(=NCC(=O)N(C)C)NCCC(CC)N1CCCC1=O. The molecule has 2 N–H and O–H groups in total. The smallest absolute Gasteiger partial charge is 0.243 e. The van der Waals surface area contributed by atoms with Crippen LogP contribution in [-0.4, -0.2) is 73.9 Å². The molecule has 0 bridgehead atoms. The molecule has 0 aromatic heterocycles. The fourth-order valence-corrected chi connectivity index (χ4v) is 2.62. The summed E-state index contributed by atoms with van der Waals surface area (Å²) in [7, 11) is 3.44. The molecule has 2 amide bonds. The first-order valence-corrected chi connectivity index (χ1v) is 8.51. The number of guanidine groups is 1. The van der Waals surface area contributed by atoms with Crippen LogP contribution in [0.15, 0.2) is 4.99 Å². The first-order chi connectivity index (χ1) is 11.0. The zero-order valence-electron chi connectivity index (χ0n) is 14.9. The molecule has 0 aromatic carbocycles. The number of likely N-dealkylation sites (tertiary alicyclic amines) is 1. The lowest BCUT2D eigenvalue weighted by Crippen LogP contribution is -2.42. The van der Waals surface area contributed by atoms with E-state index in [0.29, 0.717) is 12.4 Å². The van der Waals surface area contributed by atoms with E-state index in [9.17, 15) is 9.59 Å². The van der Waals surface area contributed by atoms with E-state index in [-0.39, 0.29) is 24.4 Å². The molecule has 0 saturated carbocycles. The lowest BCUT2D eigenvalue weighted by Gasteiger charge is -2.27. The van der Waals surface area contributed by atoms with Crippen molar-refractivity contribution in [3.63, 3.8) is 0 Å². The Hall–Kier alpha value is -1.79. The highest BCUT2D eigenvalue weighted by Crippen LogP contribution is 2.17. The van der Waals surface area contributed by atoms with E-state index in [0.717, 1.165) is 38.9 Å². The second kappa shape index (κ2) is 10.1. The summed E-state index contributed by atoms with van der Waals surface area (Å²) < 4.78 is 0. The van der Waals surface area contributed by atoms with Gasteiger partial charge in [-0.05, 0) is 26.2 Å². The van der Waals surface area contributed by atoms with E-state index in [4.69, 9.17) is 0 Å². The number of aliphatic imine (C=N–C) groups is 1. The van der Waals surface area contributed by atoms with Crippen LogP contribution < -0.4 is 10.6 Å². The van der Waals surface area contributed by atoms with Crippen molar-refractivity contribution in [1.29, 1.82) is 0 Å². The van der Waals surface area contributed by atoms with Gasteiger partial charge in [-0.15, -0.1) is 0 Å². The highest BCUT2D eigenvalue weighted by atomic mass is 16.2. The Bertz CT molecular complexity index is 423. The number of likely N-dealkylation sites (N-methyl/N-ethyl adjacent to an activating group) is 1. The van der Waals surface area contributed by atoms with Crippen LogP contribution >= 0.6 is 0 Å². The highest BCUT2D eigenvalue weighted by Gasteiger charge is 2.26. The summed E-state index contributed by atoms with van der Waals surface area (Å²) in [6.45, 7) is 6.58. The summed E-state index contributed by atoms with van der Waals surface area (Å²) in [4.78, 5) is 31.3. The van der Waals surface area contributed by atoms with Gasteiger partial charge in [0.2, 0.25) is 11.8 Å². The maximum absolute atomic E-state index is 11.8. The van der Waals surface area contributed by atoms with Crippen molar-refractivity contribution >= 4 is 17.8 Å². The number of amides is 2. The lowest BCUT2D eigenvalue weighted by molar-refractivity contribution is -0.130. The summed E-state index contributed by atoms with van der Waals surface area (Å²) in [5.74, 6) is 0.885. The summed E-state index contributed by atoms with van der Waals surface area (Å²) >= 11 is 0. The van der Waals surface area contributed by atoms with Gasteiger partial charge in [-0.25, -0.2) is 4.99 Å². The van der Waals surface area contributed by atoms with Crippen LogP contribution in [0, 0.1) is 0 Å². The molecule has 23 heavy (non-hydrogen) atoms. The first kappa shape index (κ1) is 19.3. The summed E-state index contributed by atoms with van der Waals surface area (Å²) in [6.07, 6.45) is 3.49. The molecule has 132 valence electrons. The van der Waals surface area contributed by atoms with Crippen LogP contribution in [0.2, 0.25) is 0 Å². The average Bonchev–Trinajstić information content (AvgIpc) is 2.94. The number of carbonyl (C=O) groups excluding carboxylic acids is 2. The van der Waals surface area contributed by atoms with Crippen molar-refractivity contribution in [3.8, 4) is 0 Å². The molecule has 1 aliphatic heterocycles. The maximum atomic E-state index is 11.8. The van der Waals surface area contributed by atoms with Gasteiger partial charge >= 0.3 is 0 Å². The molecule has 0 aromatic rings. The molecule has 0 radical (unpaired) electrons. The Balaban J connectivity index is 2.46. The monoisotopic (exact) mass is 325 g/mol. The Labute approximate surface area is 139 Å².